The minimum absolute atomic E-state index is 0.149. The zero-order valence-electron chi connectivity index (χ0n) is 21.7. The number of thiol groups is 1. The van der Waals surface area contributed by atoms with E-state index in [4.69, 9.17) is 28.4 Å². The maximum atomic E-state index is 10.8. The molecule has 40 heavy (non-hydrogen) atoms. The Kier molecular flexibility index (Phi) is 13.7. The van der Waals surface area contributed by atoms with Gasteiger partial charge in [-0.2, -0.15) is 12.6 Å². The first kappa shape index (κ1) is 34.2. The monoisotopic (exact) mass is 606 g/mol. The Labute approximate surface area is 236 Å². The summed E-state index contributed by atoms with van der Waals surface area (Å²) >= 11 is 4.15. The fourth-order valence-electron chi connectivity index (χ4n) is 4.73. The van der Waals surface area contributed by atoms with E-state index in [-0.39, 0.29) is 6.61 Å². The number of ether oxygens (including phenoxy) is 6. The Hall–Kier alpha value is -0.290. The van der Waals surface area contributed by atoms with E-state index in [2.05, 4.69) is 12.6 Å². The molecule has 15 atom stereocenters. The van der Waals surface area contributed by atoms with E-state index in [0.29, 0.717) is 12.2 Å². The van der Waals surface area contributed by atoms with Gasteiger partial charge in [0.25, 0.3) is 0 Å². The lowest BCUT2D eigenvalue weighted by atomic mass is 9.96. The van der Waals surface area contributed by atoms with Crippen LogP contribution in [0.4, 0.5) is 0 Å². The normalized spacial score (nSPS) is 46.4. The third-order valence-electron chi connectivity index (χ3n) is 7.16. The smallest absolute Gasteiger partial charge is 0.187 e. The minimum atomic E-state index is -1.87. The Balaban J connectivity index is 1.82. The summed E-state index contributed by atoms with van der Waals surface area (Å²) in [5.41, 5.74) is 0. The van der Waals surface area contributed by atoms with Crippen LogP contribution in [0.1, 0.15) is 19.3 Å². The van der Waals surface area contributed by atoms with Gasteiger partial charge in [-0.3, -0.25) is 0 Å². The molecule has 0 saturated carbocycles. The molecule has 0 aromatic rings. The summed E-state index contributed by atoms with van der Waals surface area (Å²) in [5, 5.41) is 102. The van der Waals surface area contributed by atoms with E-state index < -0.39 is 112 Å². The largest absolute Gasteiger partial charge is 0.394 e. The number of rotatable bonds is 13. The van der Waals surface area contributed by atoms with Crippen molar-refractivity contribution in [3.05, 3.63) is 0 Å². The van der Waals surface area contributed by atoms with E-state index >= 15 is 0 Å². The topological polar surface area (TPSA) is 258 Å². The molecule has 10 N–H and O–H groups in total. The standard InChI is InChI=1S/C23H42O16S/c24-6-9-12(27)15(30)18(33)21(35-9)38-20-17(32)14(29)11(8-26)37-23(20)39-19-16(31)13(28)10(7-25)36-22(19)34-4-2-1-3-5-40/h9-33,40H,1-8H2/t9?,10?,11?,12-,13-,14-,15+,16+,17+,18?,19?,20?,21+,22+,23-/m1/s1. The highest BCUT2D eigenvalue weighted by Crippen LogP contribution is 2.33. The molecule has 3 fully saturated rings. The molecule has 0 aromatic heterocycles. The van der Waals surface area contributed by atoms with Crippen molar-refractivity contribution in [2.45, 2.75) is 111 Å². The van der Waals surface area contributed by atoms with Gasteiger partial charge in [-0.25, -0.2) is 0 Å². The van der Waals surface area contributed by atoms with Crippen LogP contribution in [0.3, 0.4) is 0 Å². The SMILES string of the molecule is OCC1O[C@@H](OC2[C@@H](OC3[C@@H](OCCCCCS)OC(CO)[C@@H](O)[C@@H]3O)OC(CO)[C@@H](O)[C@@H]2O)C(O)[C@@H](O)[C@@H]1O. The van der Waals surface area contributed by atoms with Gasteiger partial charge >= 0.3 is 0 Å². The lowest BCUT2D eigenvalue weighted by Gasteiger charge is -2.48. The summed E-state index contributed by atoms with van der Waals surface area (Å²) in [4.78, 5) is 0. The van der Waals surface area contributed by atoms with Gasteiger partial charge in [-0.1, -0.05) is 6.42 Å². The quantitative estimate of drug-likeness (QED) is 0.0690. The predicted molar refractivity (Wildman–Crippen MR) is 133 cm³/mol. The van der Waals surface area contributed by atoms with Crippen LogP contribution in [0.2, 0.25) is 0 Å². The van der Waals surface area contributed by atoms with Crippen molar-refractivity contribution in [2.75, 3.05) is 32.2 Å². The minimum Gasteiger partial charge on any atom is -0.394 e. The first-order chi connectivity index (χ1) is 19.1. The molecule has 3 heterocycles. The van der Waals surface area contributed by atoms with E-state index in [1.165, 1.54) is 0 Å². The van der Waals surface area contributed by atoms with Gasteiger partial charge in [0.15, 0.2) is 18.9 Å². The lowest BCUT2D eigenvalue weighted by molar-refractivity contribution is -0.393. The van der Waals surface area contributed by atoms with Crippen molar-refractivity contribution < 1.29 is 79.5 Å². The second-order valence-corrected chi connectivity index (χ2v) is 10.4. The molecule has 0 aliphatic carbocycles. The van der Waals surface area contributed by atoms with Crippen LogP contribution < -0.4 is 0 Å². The summed E-state index contributed by atoms with van der Waals surface area (Å²) in [7, 11) is 0. The Morgan fingerprint density at radius 2 is 0.950 bits per heavy atom. The zero-order chi connectivity index (χ0) is 29.6. The fraction of sp³-hybridized carbons (Fsp3) is 1.00. The van der Waals surface area contributed by atoms with E-state index in [0.717, 1.165) is 12.8 Å². The average Bonchev–Trinajstić information content (AvgIpc) is 2.95. The Bertz CT molecular complexity index is 737. The zero-order valence-corrected chi connectivity index (χ0v) is 22.6. The summed E-state index contributed by atoms with van der Waals surface area (Å²) in [6, 6.07) is 0. The first-order valence-electron chi connectivity index (χ1n) is 13.2. The highest BCUT2D eigenvalue weighted by molar-refractivity contribution is 7.80. The molecule has 0 aromatic carbocycles. The maximum absolute atomic E-state index is 10.8. The molecule has 0 amide bonds. The van der Waals surface area contributed by atoms with Gasteiger partial charge in [-0.05, 0) is 18.6 Å². The molecule has 3 aliphatic heterocycles. The molecule has 3 saturated heterocycles. The van der Waals surface area contributed by atoms with E-state index in [1.807, 2.05) is 0 Å². The molecule has 236 valence electrons. The van der Waals surface area contributed by atoms with Crippen molar-refractivity contribution in [2.24, 2.45) is 0 Å². The number of aliphatic hydroxyl groups is 10. The van der Waals surface area contributed by atoms with Crippen LogP contribution in [-0.2, 0) is 28.4 Å². The Morgan fingerprint density at radius 3 is 1.48 bits per heavy atom. The molecular weight excluding hydrogens is 564 g/mol. The summed E-state index contributed by atoms with van der Waals surface area (Å²) < 4.78 is 33.7. The second-order valence-electron chi connectivity index (χ2n) is 9.97. The van der Waals surface area contributed by atoms with E-state index in [1.54, 1.807) is 0 Å². The van der Waals surface area contributed by atoms with Crippen LogP contribution in [0, 0.1) is 0 Å². The molecule has 0 spiro atoms. The lowest BCUT2D eigenvalue weighted by Crippen LogP contribution is -2.67. The van der Waals surface area contributed by atoms with Crippen molar-refractivity contribution in [1.82, 2.24) is 0 Å². The molecule has 17 heteroatoms. The highest BCUT2D eigenvalue weighted by Gasteiger charge is 2.54. The van der Waals surface area contributed by atoms with Crippen molar-refractivity contribution in [3.8, 4) is 0 Å². The van der Waals surface area contributed by atoms with Gasteiger partial charge in [0.05, 0.1) is 19.8 Å². The molecule has 3 aliphatic rings. The fourth-order valence-corrected chi connectivity index (χ4v) is 4.95. The number of unbranched alkanes of at least 4 members (excludes halogenated alkanes) is 2. The van der Waals surface area contributed by atoms with Crippen LogP contribution in [-0.4, -0.2) is 175 Å². The summed E-state index contributed by atoms with van der Waals surface area (Å²) in [6.45, 7) is -2.03. The number of hydrogen-bond donors (Lipinski definition) is 11. The molecular formula is C23H42O16S. The molecule has 3 rings (SSSR count). The van der Waals surface area contributed by atoms with Crippen molar-refractivity contribution in [1.29, 1.82) is 0 Å². The van der Waals surface area contributed by atoms with Crippen molar-refractivity contribution in [3.63, 3.8) is 0 Å². The molecule has 6 unspecified atom stereocenters. The van der Waals surface area contributed by atoms with Crippen molar-refractivity contribution >= 4 is 12.6 Å². The first-order valence-corrected chi connectivity index (χ1v) is 13.8. The predicted octanol–water partition coefficient (Wildman–Crippen LogP) is -5.45. The summed E-state index contributed by atoms with van der Waals surface area (Å²) in [5.74, 6) is 0.679. The summed E-state index contributed by atoms with van der Waals surface area (Å²) in [6.07, 6.45) is -22.1. The van der Waals surface area contributed by atoms with Gasteiger partial charge in [0, 0.05) is 6.61 Å². The number of hydrogen-bond acceptors (Lipinski definition) is 17. The van der Waals surface area contributed by atoms with Gasteiger partial charge < -0.3 is 79.5 Å². The van der Waals surface area contributed by atoms with E-state index in [9.17, 15) is 51.1 Å². The third-order valence-corrected chi connectivity index (χ3v) is 7.48. The van der Waals surface area contributed by atoms with Crippen LogP contribution in [0.5, 0.6) is 0 Å². The average molecular weight is 607 g/mol. The Morgan fingerprint density at radius 1 is 0.500 bits per heavy atom. The van der Waals surface area contributed by atoms with Crippen LogP contribution >= 0.6 is 12.6 Å². The molecule has 16 nitrogen and oxygen atoms in total. The highest BCUT2D eigenvalue weighted by atomic mass is 32.1. The molecule has 0 radical (unpaired) electrons. The van der Waals surface area contributed by atoms with Gasteiger partial charge in [0.2, 0.25) is 0 Å². The number of aliphatic hydroxyl groups excluding tert-OH is 10. The third kappa shape index (κ3) is 7.80. The van der Waals surface area contributed by atoms with Crippen LogP contribution in [0.15, 0.2) is 0 Å². The van der Waals surface area contributed by atoms with Gasteiger partial charge in [0.1, 0.15) is 73.2 Å². The second kappa shape index (κ2) is 16.0. The van der Waals surface area contributed by atoms with Crippen LogP contribution in [0.25, 0.3) is 0 Å². The molecule has 0 bridgehead atoms. The maximum Gasteiger partial charge on any atom is 0.187 e. The van der Waals surface area contributed by atoms with Gasteiger partial charge in [-0.15, -0.1) is 0 Å².